The van der Waals surface area contributed by atoms with Crippen molar-refractivity contribution in [3.63, 3.8) is 0 Å². The van der Waals surface area contributed by atoms with Crippen LogP contribution in [0.15, 0.2) is 18.2 Å². The van der Waals surface area contributed by atoms with E-state index < -0.39 is 6.10 Å². The Morgan fingerprint density at radius 1 is 1.30 bits per heavy atom. The first kappa shape index (κ1) is 15.0. The molecule has 1 aliphatic rings. The minimum atomic E-state index is -0.441. The smallest absolute Gasteiger partial charge is 0.234 e. The van der Waals surface area contributed by atoms with Crippen molar-refractivity contribution in [3.8, 4) is 0 Å². The van der Waals surface area contributed by atoms with E-state index in [4.69, 9.17) is 0 Å². The van der Waals surface area contributed by atoms with Gasteiger partial charge in [-0.3, -0.25) is 4.79 Å². The third kappa shape index (κ3) is 2.59. The molecule has 110 valence electrons. The minimum Gasteiger partial charge on any atom is -0.388 e. The highest BCUT2D eigenvalue weighted by molar-refractivity contribution is 6.04. The first-order valence-corrected chi connectivity index (χ1v) is 7.62. The van der Waals surface area contributed by atoms with Gasteiger partial charge < -0.3 is 10.0 Å². The Morgan fingerprint density at radius 2 is 2.00 bits per heavy atom. The van der Waals surface area contributed by atoms with E-state index in [0.29, 0.717) is 12.5 Å². The van der Waals surface area contributed by atoms with E-state index in [0.717, 1.165) is 29.7 Å². The number of carbonyl (C=O) groups excluding carboxylic acids is 1. The fraction of sp³-hybridized carbons (Fsp3) is 0.588. The number of carbonyl (C=O) groups is 1. The SMILES string of the molecule is CCC1C(=O)N(CC)c2ccc(C(O)CC(C)C)cc21. The Hall–Kier alpha value is -1.35. The van der Waals surface area contributed by atoms with Gasteiger partial charge in [0, 0.05) is 12.2 Å². The zero-order valence-electron chi connectivity index (χ0n) is 12.9. The molecule has 0 aromatic heterocycles. The highest BCUT2D eigenvalue weighted by atomic mass is 16.3. The van der Waals surface area contributed by atoms with Crippen molar-refractivity contribution in [1.29, 1.82) is 0 Å². The van der Waals surface area contributed by atoms with Crippen LogP contribution in [-0.4, -0.2) is 17.6 Å². The molecule has 0 radical (unpaired) electrons. The Morgan fingerprint density at radius 3 is 2.55 bits per heavy atom. The summed E-state index contributed by atoms with van der Waals surface area (Å²) in [6.45, 7) is 8.96. The standard InChI is InChI=1S/C17H25NO2/c1-5-13-14-10-12(16(19)9-11(3)4)7-8-15(14)18(6-2)17(13)20/h7-8,10-11,13,16,19H,5-6,9H2,1-4H3. The largest absolute Gasteiger partial charge is 0.388 e. The molecule has 0 saturated heterocycles. The van der Waals surface area contributed by atoms with Crippen LogP contribution in [0.3, 0.4) is 0 Å². The van der Waals surface area contributed by atoms with E-state index in [2.05, 4.69) is 13.8 Å². The monoisotopic (exact) mass is 275 g/mol. The van der Waals surface area contributed by atoms with Crippen LogP contribution in [0.4, 0.5) is 5.69 Å². The van der Waals surface area contributed by atoms with Crippen molar-refractivity contribution < 1.29 is 9.90 Å². The van der Waals surface area contributed by atoms with Crippen LogP contribution in [0.25, 0.3) is 0 Å². The Bertz CT molecular complexity index is 496. The van der Waals surface area contributed by atoms with Gasteiger partial charge in [-0.1, -0.05) is 32.9 Å². The summed E-state index contributed by atoms with van der Waals surface area (Å²) < 4.78 is 0. The molecule has 1 aromatic carbocycles. The lowest BCUT2D eigenvalue weighted by Crippen LogP contribution is -2.28. The van der Waals surface area contributed by atoms with Gasteiger partial charge in [-0.15, -0.1) is 0 Å². The van der Waals surface area contributed by atoms with Gasteiger partial charge in [0.25, 0.3) is 0 Å². The highest BCUT2D eigenvalue weighted by Crippen LogP contribution is 2.40. The van der Waals surface area contributed by atoms with Crippen molar-refractivity contribution in [2.45, 2.75) is 52.6 Å². The summed E-state index contributed by atoms with van der Waals surface area (Å²) in [4.78, 5) is 14.2. The lowest BCUT2D eigenvalue weighted by molar-refractivity contribution is -0.119. The molecular weight excluding hydrogens is 250 g/mol. The number of rotatable bonds is 5. The third-order valence-electron chi connectivity index (χ3n) is 4.09. The molecule has 1 aromatic rings. The van der Waals surface area contributed by atoms with Gasteiger partial charge in [0.2, 0.25) is 5.91 Å². The Balaban J connectivity index is 2.36. The average molecular weight is 275 g/mol. The molecule has 0 fully saturated rings. The van der Waals surface area contributed by atoms with Gasteiger partial charge in [0.15, 0.2) is 0 Å². The maximum Gasteiger partial charge on any atom is 0.234 e. The molecule has 3 nitrogen and oxygen atoms in total. The van der Waals surface area contributed by atoms with Gasteiger partial charge in [0.05, 0.1) is 12.0 Å². The molecule has 3 heteroatoms. The van der Waals surface area contributed by atoms with E-state index >= 15 is 0 Å². The van der Waals surface area contributed by atoms with Gasteiger partial charge >= 0.3 is 0 Å². The van der Waals surface area contributed by atoms with Crippen molar-refractivity contribution in [3.05, 3.63) is 29.3 Å². The Labute approximate surface area is 121 Å². The number of nitrogens with zero attached hydrogens (tertiary/aromatic N) is 1. The van der Waals surface area contributed by atoms with Gasteiger partial charge in [-0.2, -0.15) is 0 Å². The molecule has 20 heavy (non-hydrogen) atoms. The van der Waals surface area contributed by atoms with Crippen LogP contribution < -0.4 is 4.90 Å². The molecule has 1 amide bonds. The molecule has 2 unspecified atom stereocenters. The lowest BCUT2D eigenvalue weighted by Gasteiger charge is -2.17. The minimum absolute atomic E-state index is 0.0452. The highest BCUT2D eigenvalue weighted by Gasteiger charge is 2.35. The van der Waals surface area contributed by atoms with Gasteiger partial charge in [-0.05, 0) is 42.9 Å². The zero-order chi connectivity index (χ0) is 14.9. The number of anilines is 1. The molecule has 2 rings (SSSR count). The van der Waals surface area contributed by atoms with Crippen LogP contribution in [0.1, 0.15) is 63.7 Å². The van der Waals surface area contributed by atoms with E-state index in [1.54, 1.807) is 0 Å². The maximum absolute atomic E-state index is 12.3. The van der Waals surface area contributed by atoms with E-state index in [1.165, 1.54) is 0 Å². The van der Waals surface area contributed by atoms with Crippen molar-refractivity contribution in [1.82, 2.24) is 0 Å². The quantitative estimate of drug-likeness (QED) is 0.891. The molecule has 1 aliphatic heterocycles. The van der Waals surface area contributed by atoms with Crippen molar-refractivity contribution in [2.24, 2.45) is 5.92 Å². The van der Waals surface area contributed by atoms with Crippen LogP contribution >= 0.6 is 0 Å². The predicted octanol–water partition coefficient (Wildman–Crippen LogP) is 3.63. The number of hydrogen-bond donors (Lipinski definition) is 1. The van der Waals surface area contributed by atoms with E-state index in [-0.39, 0.29) is 11.8 Å². The predicted molar refractivity (Wildman–Crippen MR) is 81.9 cm³/mol. The topological polar surface area (TPSA) is 40.5 Å². The molecular formula is C17H25NO2. The summed E-state index contributed by atoms with van der Waals surface area (Å²) in [5, 5.41) is 10.3. The van der Waals surface area contributed by atoms with Crippen LogP contribution in [0.5, 0.6) is 0 Å². The molecule has 2 atom stereocenters. The average Bonchev–Trinajstić information content (AvgIpc) is 2.67. The number of benzene rings is 1. The van der Waals surface area contributed by atoms with E-state index in [1.807, 2.05) is 36.9 Å². The summed E-state index contributed by atoms with van der Waals surface area (Å²) in [6, 6.07) is 5.98. The number of hydrogen-bond acceptors (Lipinski definition) is 2. The number of fused-ring (bicyclic) bond motifs is 1. The molecule has 0 saturated carbocycles. The molecule has 1 N–H and O–H groups in total. The fourth-order valence-electron chi connectivity index (χ4n) is 3.05. The lowest BCUT2D eigenvalue weighted by atomic mass is 9.93. The fourth-order valence-corrected chi connectivity index (χ4v) is 3.05. The summed E-state index contributed by atoms with van der Waals surface area (Å²) in [7, 11) is 0. The summed E-state index contributed by atoms with van der Waals surface area (Å²) in [5.74, 6) is 0.602. The normalized spacial score (nSPS) is 19.6. The maximum atomic E-state index is 12.3. The van der Waals surface area contributed by atoms with Crippen LogP contribution in [-0.2, 0) is 4.79 Å². The van der Waals surface area contributed by atoms with E-state index in [9.17, 15) is 9.90 Å². The third-order valence-corrected chi connectivity index (χ3v) is 4.09. The number of aliphatic hydroxyl groups is 1. The van der Waals surface area contributed by atoms with Crippen LogP contribution in [0, 0.1) is 5.92 Å². The van der Waals surface area contributed by atoms with Crippen molar-refractivity contribution >= 4 is 11.6 Å². The van der Waals surface area contributed by atoms with Gasteiger partial charge in [-0.25, -0.2) is 0 Å². The number of likely N-dealkylation sites (N-methyl/N-ethyl adjacent to an activating group) is 1. The number of aliphatic hydroxyl groups excluding tert-OH is 1. The molecule has 1 heterocycles. The Kier molecular flexibility index (Phi) is 4.48. The summed E-state index contributed by atoms with van der Waals surface area (Å²) in [6.07, 6.45) is 1.12. The zero-order valence-corrected chi connectivity index (χ0v) is 12.9. The second kappa shape index (κ2) is 5.96. The molecule has 0 bridgehead atoms. The second-order valence-corrected chi connectivity index (χ2v) is 6.01. The van der Waals surface area contributed by atoms with Gasteiger partial charge in [0.1, 0.15) is 0 Å². The second-order valence-electron chi connectivity index (χ2n) is 6.01. The van der Waals surface area contributed by atoms with Crippen molar-refractivity contribution in [2.75, 3.05) is 11.4 Å². The summed E-state index contributed by atoms with van der Waals surface area (Å²) in [5.41, 5.74) is 3.03. The first-order chi connectivity index (χ1) is 9.49. The first-order valence-electron chi connectivity index (χ1n) is 7.62. The van der Waals surface area contributed by atoms with Crippen LogP contribution in [0.2, 0.25) is 0 Å². The molecule has 0 aliphatic carbocycles. The summed E-state index contributed by atoms with van der Waals surface area (Å²) >= 11 is 0. The number of amides is 1. The molecule has 0 spiro atoms.